The first-order valence-corrected chi connectivity index (χ1v) is 8.18. The van der Waals surface area contributed by atoms with Crippen molar-refractivity contribution in [2.45, 2.75) is 12.0 Å². The quantitative estimate of drug-likeness (QED) is 0.884. The summed E-state index contributed by atoms with van der Waals surface area (Å²) in [5, 5.41) is 9.32. The first-order valence-electron chi connectivity index (χ1n) is 8.18. The summed E-state index contributed by atoms with van der Waals surface area (Å²) in [5.41, 5.74) is 4.82. The number of aliphatic hydroxyl groups is 1. The van der Waals surface area contributed by atoms with Gasteiger partial charge in [-0.3, -0.25) is 4.90 Å². The van der Waals surface area contributed by atoms with E-state index in [1.54, 1.807) is 4.90 Å². The summed E-state index contributed by atoms with van der Waals surface area (Å²) >= 11 is 0. The van der Waals surface area contributed by atoms with E-state index in [0.717, 1.165) is 0 Å². The lowest BCUT2D eigenvalue weighted by Gasteiger charge is -2.23. The van der Waals surface area contributed by atoms with Crippen LogP contribution in [0.5, 0.6) is 0 Å². The van der Waals surface area contributed by atoms with Crippen LogP contribution >= 0.6 is 0 Å². The van der Waals surface area contributed by atoms with Crippen molar-refractivity contribution in [2.24, 2.45) is 0 Å². The number of hydrogen-bond donors (Lipinski definition) is 1. The molecule has 1 N–H and O–H groups in total. The molecule has 2 aliphatic rings. The number of amides is 1. The molecule has 4 rings (SSSR count). The molecule has 0 spiro atoms. The third-order valence-electron chi connectivity index (χ3n) is 4.82. The summed E-state index contributed by atoms with van der Waals surface area (Å²) in [6, 6.07) is 16.3. The van der Waals surface area contributed by atoms with E-state index >= 15 is 0 Å². The zero-order valence-electron chi connectivity index (χ0n) is 13.3. The van der Waals surface area contributed by atoms with Crippen LogP contribution in [-0.4, -0.2) is 41.9 Å². The van der Waals surface area contributed by atoms with Crippen LogP contribution in [0.1, 0.15) is 17.0 Å². The minimum atomic E-state index is -0.374. The molecule has 0 bridgehead atoms. The normalized spacial score (nSPS) is 18.5. The molecule has 4 nitrogen and oxygen atoms in total. The number of carbonyl (C=O) groups excluding carboxylic acids is 1. The van der Waals surface area contributed by atoms with Crippen LogP contribution in [-0.2, 0) is 4.74 Å². The zero-order valence-corrected chi connectivity index (χ0v) is 13.3. The smallest absolute Gasteiger partial charge is 0.410 e. The van der Waals surface area contributed by atoms with Crippen LogP contribution in [0.2, 0.25) is 0 Å². The third-order valence-corrected chi connectivity index (χ3v) is 4.82. The largest absolute Gasteiger partial charge is 0.448 e. The molecular weight excluding hydrogens is 302 g/mol. The summed E-state index contributed by atoms with van der Waals surface area (Å²) in [5.74, 6) is 0.0597. The molecule has 1 amide bonds. The fourth-order valence-electron chi connectivity index (χ4n) is 3.62. The summed E-state index contributed by atoms with van der Waals surface area (Å²) < 4.78 is 5.59. The van der Waals surface area contributed by atoms with E-state index in [4.69, 9.17) is 4.74 Å². The lowest BCUT2D eigenvalue weighted by molar-refractivity contribution is 0.0873. The molecule has 0 aromatic heterocycles. The van der Waals surface area contributed by atoms with E-state index in [2.05, 4.69) is 24.3 Å². The van der Waals surface area contributed by atoms with Gasteiger partial charge in [0.1, 0.15) is 6.61 Å². The van der Waals surface area contributed by atoms with Crippen molar-refractivity contribution < 1.29 is 14.6 Å². The number of nitrogens with zero attached hydrogens (tertiary/aromatic N) is 1. The Balaban J connectivity index is 1.54. The molecule has 0 saturated heterocycles. The van der Waals surface area contributed by atoms with E-state index < -0.39 is 0 Å². The van der Waals surface area contributed by atoms with Crippen molar-refractivity contribution in [3.8, 4) is 11.1 Å². The lowest BCUT2D eigenvalue weighted by Crippen LogP contribution is -2.39. The summed E-state index contributed by atoms with van der Waals surface area (Å²) in [6.45, 7) is 0.712. The SMILES string of the molecule is O=C(OCC1c2ccccc2-c2ccccc21)N1CC=CC1CO. The monoisotopic (exact) mass is 321 g/mol. The maximum absolute atomic E-state index is 12.3. The fourth-order valence-corrected chi connectivity index (χ4v) is 3.62. The van der Waals surface area contributed by atoms with Gasteiger partial charge in [-0.1, -0.05) is 60.7 Å². The Morgan fingerprint density at radius 2 is 1.71 bits per heavy atom. The number of carbonyl (C=O) groups is 1. The highest BCUT2D eigenvalue weighted by molar-refractivity contribution is 5.79. The molecule has 0 radical (unpaired) electrons. The van der Waals surface area contributed by atoms with Gasteiger partial charge in [-0.25, -0.2) is 4.79 Å². The standard InChI is InChI=1S/C20H19NO3/c22-12-14-6-5-11-21(14)20(23)24-13-19-17-9-3-1-7-15(17)16-8-2-4-10-18(16)19/h1-10,14,19,22H,11-13H2. The minimum absolute atomic E-state index is 0.0597. The maximum atomic E-state index is 12.3. The van der Waals surface area contributed by atoms with Gasteiger partial charge in [-0.15, -0.1) is 0 Å². The molecule has 1 unspecified atom stereocenters. The Kier molecular flexibility index (Phi) is 3.82. The van der Waals surface area contributed by atoms with Crippen LogP contribution in [0.3, 0.4) is 0 Å². The Hall–Kier alpha value is -2.59. The second-order valence-electron chi connectivity index (χ2n) is 6.13. The average Bonchev–Trinajstić information content (AvgIpc) is 3.22. The van der Waals surface area contributed by atoms with Gasteiger partial charge < -0.3 is 9.84 Å². The molecule has 4 heteroatoms. The lowest BCUT2D eigenvalue weighted by atomic mass is 9.98. The van der Waals surface area contributed by atoms with Crippen molar-refractivity contribution in [1.29, 1.82) is 0 Å². The van der Waals surface area contributed by atoms with Crippen molar-refractivity contribution >= 4 is 6.09 Å². The zero-order chi connectivity index (χ0) is 16.5. The number of ether oxygens (including phenoxy) is 1. The average molecular weight is 321 g/mol. The number of fused-ring (bicyclic) bond motifs is 3. The van der Waals surface area contributed by atoms with E-state index in [1.807, 2.05) is 36.4 Å². The summed E-state index contributed by atoms with van der Waals surface area (Å²) in [6.07, 6.45) is 3.34. The predicted octanol–water partition coefficient (Wildman–Crippen LogP) is 3.17. The molecule has 2 aromatic carbocycles. The van der Waals surface area contributed by atoms with Crippen molar-refractivity contribution in [3.05, 3.63) is 71.8 Å². The Morgan fingerprint density at radius 1 is 1.08 bits per heavy atom. The molecular formula is C20H19NO3. The van der Waals surface area contributed by atoms with Gasteiger partial charge >= 0.3 is 6.09 Å². The molecule has 24 heavy (non-hydrogen) atoms. The van der Waals surface area contributed by atoms with Gasteiger partial charge in [-0.2, -0.15) is 0 Å². The Morgan fingerprint density at radius 3 is 2.33 bits per heavy atom. The van der Waals surface area contributed by atoms with Crippen molar-refractivity contribution in [2.75, 3.05) is 19.8 Å². The molecule has 1 atom stereocenters. The molecule has 2 aromatic rings. The highest BCUT2D eigenvalue weighted by Gasteiger charge is 2.31. The van der Waals surface area contributed by atoms with Gasteiger partial charge in [0.05, 0.1) is 12.6 Å². The first-order chi connectivity index (χ1) is 11.8. The first kappa shape index (κ1) is 15.0. The summed E-state index contributed by atoms with van der Waals surface area (Å²) in [4.78, 5) is 13.9. The van der Waals surface area contributed by atoms with Gasteiger partial charge in [-0.05, 0) is 22.3 Å². The van der Waals surface area contributed by atoms with Gasteiger partial charge in [0, 0.05) is 12.5 Å². The van der Waals surface area contributed by atoms with E-state index in [1.165, 1.54) is 22.3 Å². The summed E-state index contributed by atoms with van der Waals surface area (Å²) in [7, 11) is 0. The van der Waals surface area contributed by atoms with Crippen LogP contribution in [0.4, 0.5) is 4.79 Å². The molecule has 0 fully saturated rings. The van der Waals surface area contributed by atoms with E-state index in [9.17, 15) is 9.90 Å². The number of rotatable bonds is 3. The molecule has 0 saturated carbocycles. The van der Waals surface area contributed by atoms with Crippen LogP contribution < -0.4 is 0 Å². The van der Waals surface area contributed by atoms with Crippen LogP contribution in [0, 0.1) is 0 Å². The van der Waals surface area contributed by atoms with E-state index in [0.29, 0.717) is 13.2 Å². The number of hydrogen-bond acceptors (Lipinski definition) is 3. The molecule has 122 valence electrons. The highest BCUT2D eigenvalue weighted by Crippen LogP contribution is 2.44. The molecule has 1 aliphatic heterocycles. The minimum Gasteiger partial charge on any atom is -0.448 e. The molecule has 1 aliphatic carbocycles. The van der Waals surface area contributed by atoms with Gasteiger partial charge in [0.15, 0.2) is 0 Å². The topological polar surface area (TPSA) is 49.8 Å². The predicted molar refractivity (Wildman–Crippen MR) is 91.8 cm³/mol. The van der Waals surface area contributed by atoms with Crippen LogP contribution in [0.25, 0.3) is 11.1 Å². The van der Waals surface area contributed by atoms with E-state index in [-0.39, 0.29) is 24.7 Å². The second kappa shape index (κ2) is 6.13. The van der Waals surface area contributed by atoms with Gasteiger partial charge in [0.2, 0.25) is 0 Å². The second-order valence-corrected chi connectivity index (χ2v) is 6.13. The Labute approximate surface area is 141 Å². The third kappa shape index (κ3) is 2.39. The van der Waals surface area contributed by atoms with Crippen molar-refractivity contribution in [1.82, 2.24) is 4.90 Å². The van der Waals surface area contributed by atoms with Crippen molar-refractivity contribution in [3.63, 3.8) is 0 Å². The Bertz CT molecular complexity index is 753. The number of benzene rings is 2. The highest BCUT2D eigenvalue weighted by atomic mass is 16.6. The number of aliphatic hydroxyl groups excluding tert-OH is 1. The fraction of sp³-hybridized carbons (Fsp3) is 0.250. The van der Waals surface area contributed by atoms with Gasteiger partial charge in [0.25, 0.3) is 0 Å². The molecule has 1 heterocycles. The maximum Gasteiger partial charge on any atom is 0.410 e. The van der Waals surface area contributed by atoms with Crippen LogP contribution in [0.15, 0.2) is 60.7 Å².